The van der Waals surface area contributed by atoms with Crippen LogP contribution >= 0.6 is 15.9 Å². The molecule has 0 saturated heterocycles. The van der Waals surface area contributed by atoms with Crippen LogP contribution in [0, 0.1) is 6.61 Å². The van der Waals surface area contributed by atoms with Crippen LogP contribution in [0.3, 0.4) is 0 Å². The molecule has 0 unspecified atom stereocenters. The molecule has 0 fully saturated rings. The molecular weight excluding hydrogens is 228 g/mol. The number of rotatable bonds is 1. The van der Waals surface area contributed by atoms with Gasteiger partial charge in [0.05, 0.1) is 0 Å². The van der Waals surface area contributed by atoms with Gasteiger partial charge in [0, 0.05) is 4.47 Å². The SMILES string of the molecule is CC(C)(C)c1cc(Br)cc([CH]O)c1. The molecule has 1 aromatic rings. The lowest BCUT2D eigenvalue weighted by molar-refractivity contribution is 0.414. The molecule has 71 valence electrons. The zero-order valence-electron chi connectivity index (χ0n) is 8.13. The monoisotopic (exact) mass is 241 g/mol. The molecule has 0 saturated carbocycles. The van der Waals surface area contributed by atoms with Crippen molar-refractivity contribution >= 4 is 15.9 Å². The van der Waals surface area contributed by atoms with E-state index < -0.39 is 0 Å². The molecule has 2 heteroatoms. The molecule has 13 heavy (non-hydrogen) atoms. The fraction of sp³-hybridized carbons (Fsp3) is 0.364. The van der Waals surface area contributed by atoms with Crippen molar-refractivity contribution in [2.45, 2.75) is 26.2 Å². The van der Waals surface area contributed by atoms with Gasteiger partial charge in [-0.2, -0.15) is 0 Å². The molecule has 0 aliphatic rings. The van der Waals surface area contributed by atoms with Crippen molar-refractivity contribution in [2.24, 2.45) is 0 Å². The topological polar surface area (TPSA) is 20.2 Å². The zero-order chi connectivity index (χ0) is 10.1. The first kappa shape index (κ1) is 10.7. The number of hydrogen-bond acceptors (Lipinski definition) is 1. The Hall–Kier alpha value is -0.340. The summed E-state index contributed by atoms with van der Waals surface area (Å²) in [7, 11) is 0. The second-order valence-electron chi connectivity index (χ2n) is 4.15. The summed E-state index contributed by atoms with van der Waals surface area (Å²) in [5.74, 6) is 0. The van der Waals surface area contributed by atoms with Gasteiger partial charge in [0.25, 0.3) is 0 Å². The Morgan fingerprint density at radius 1 is 1.23 bits per heavy atom. The summed E-state index contributed by atoms with van der Waals surface area (Å²) in [6.45, 7) is 7.57. The predicted octanol–water partition coefficient (Wildman–Crippen LogP) is 3.63. The van der Waals surface area contributed by atoms with E-state index in [0.29, 0.717) is 0 Å². The van der Waals surface area contributed by atoms with E-state index in [1.807, 2.05) is 12.1 Å². The molecule has 0 atom stereocenters. The van der Waals surface area contributed by atoms with Crippen LogP contribution in [0.15, 0.2) is 22.7 Å². The number of aliphatic hydroxyl groups excluding tert-OH is 1. The van der Waals surface area contributed by atoms with E-state index in [2.05, 4.69) is 42.8 Å². The molecule has 0 aromatic heterocycles. The molecule has 0 aliphatic heterocycles. The maximum Gasteiger partial charge on any atom is 0.109 e. The van der Waals surface area contributed by atoms with Gasteiger partial charge in [-0.3, -0.25) is 0 Å². The standard InChI is InChI=1S/C11H14BrO/c1-11(2,3)9-4-8(7-13)5-10(12)6-9/h4-7,13H,1-3H3. The van der Waals surface area contributed by atoms with E-state index in [9.17, 15) is 0 Å². The predicted molar refractivity (Wildman–Crippen MR) is 58.2 cm³/mol. The van der Waals surface area contributed by atoms with Gasteiger partial charge in [0.15, 0.2) is 0 Å². The van der Waals surface area contributed by atoms with Crippen molar-refractivity contribution in [3.63, 3.8) is 0 Å². The largest absolute Gasteiger partial charge is 0.385 e. The van der Waals surface area contributed by atoms with Crippen LogP contribution in [0.5, 0.6) is 0 Å². The number of aliphatic hydroxyl groups is 1. The second kappa shape index (κ2) is 3.81. The average molecular weight is 242 g/mol. The van der Waals surface area contributed by atoms with Crippen LogP contribution in [0.1, 0.15) is 31.9 Å². The molecule has 0 amide bonds. The van der Waals surface area contributed by atoms with Crippen molar-refractivity contribution in [3.05, 3.63) is 40.4 Å². The minimum atomic E-state index is 0.113. The van der Waals surface area contributed by atoms with E-state index in [-0.39, 0.29) is 5.41 Å². The second-order valence-corrected chi connectivity index (χ2v) is 5.07. The van der Waals surface area contributed by atoms with E-state index in [1.54, 1.807) is 0 Å². The van der Waals surface area contributed by atoms with Crippen LogP contribution in [0.25, 0.3) is 0 Å². The summed E-state index contributed by atoms with van der Waals surface area (Å²) in [5, 5.41) is 8.91. The first-order valence-electron chi connectivity index (χ1n) is 4.22. The van der Waals surface area contributed by atoms with Crippen LogP contribution < -0.4 is 0 Å². The number of hydrogen-bond donors (Lipinski definition) is 1. The first-order chi connectivity index (χ1) is 5.93. The molecule has 0 heterocycles. The summed E-state index contributed by atoms with van der Waals surface area (Å²) in [6, 6.07) is 5.95. The Labute approximate surface area is 87.9 Å². The Kier molecular flexibility index (Phi) is 3.14. The van der Waals surface area contributed by atoms with Crippen LogP contribution in [-0.2, 0) is 5.41 Å². The van der Waals surface area contributed by atoms with Crippen LogP contribution in [0.2, 0.25) is 0 Å². The Bertz CT molecular complexity index is 299. The highest BCUT2D eigenvalue weighted by molar-refractivity contribution is 9.10. The van der Waals surface area contributed by atoms with Crippen LogP contribution in [0.4, 0.5) is 0 Å². The third kappa shape index (κ3) is 2.82. The quantitative estimate of drug-likeness (QED) is 0.797. The lowest BCUT2D eigenvalue weighted by Crippen LogP contribution is -2.11. The van der Waals surface area contributed by atoms with Gasteiger partial charge in [-0.15, -0.1) is 0 Å². The third-order valence-corrected chi connectivity index (χ3v) is 2.39. The molecule has 0 bridgehead atoms. The highest BCUT2D eigenvalue weighted by Crippen LogP contribution is 2.26. The minimum absolute atomic E-state index is 0.113. The van der Waals surface area contributed by atoms with Crippen molar-refractivity contribution in [3.8, 4) is 0 Å². The zero-order valence-corrected chi connectivity index (χ0v) is 9.72. The van der Waals surface area contributed by atoms with Gasteiger partial charge in [-0.25, -0.2) is 0 Å². The summed E-state index contributed by atoms with van der Waals surface area (Å²) in [4.78, 5) is 0. The maximum absolute atomic E-state index is 8.91. The molecular formula is C11H14BrO. The molecule has 0 spiro atoms. The summed E-state index contributed by atoms with van der Waals surface area (Å²) < 4.78 is 1.00. The lowest BCUT2D eigenvalue weighted by Gasteiger charge is -2.20. The Morgan fingerprint density at radius 3 is 2.31 bits per heavy atom. The smallest absolute Gasteiger partial charge is 0.109 e. The highest BCUT2D eigenvalue weighted by atomic mass is 79.9. The van der Waals surface area contributed by atoms with Gasteiger partial charge < -0.3 is 5.11 Å². The van der Waals surface area contributed by atoms with Gasteiger partial charge in [0.2, 0.25) is 0 Å². The highest BCUT2D eigenvalue weighted by Gasteiger charge is 2.14. The maximum atomic E-state index is 8.91. The minimum Gasteiger partial charge on any atom is -0.385 e. The normalized spacial score (nSPS) is 11.8. The third-order valence-electron chi connectivity index (χ3n) is 1.94. The molecule has 1 nitrogen and oxygen atoms in total. The van der Waals surface area contributed by atoms with Gasteiger partial charge in [-0.05, 0) is 28.7 Å². The molecule has 0 aliphatic carbocycles. The van der Waals surface area contributed by atoms with Crippen molar-refractivity contribution in [1.29, 1.82) is 0 Å². The van der Waals surface area contributed by atoms with Crippen molar-refractivity contribution < 1.29 is 5.11 Å². The average Bonchev–Trinajstić information content (AvgIpc) is 2.01. The Morgan fingerprint density at radius 2 is 1.85 bits per heavy atom. The van der Waals surface area contributed by atoms with Gasteiger partial charge >= 0.3 is 0 Å². The van der Waals surface area contributed by atoms with Crippen LogP contribution in [-0.4, -0.2) is 5.11 Å². The molecule has 1 radical (unpaired) electrons. The first-order valence-corrected chi connectivity index (χ1v) is 5.01. The molecule has 1 rings (SSSR count). The lowest BCUT2D eigenvalue weighted by atomic mass is 9.86. The fourth-order valence-electron chi connectivity index (χ4n) is 1.12. The number of benzene rings is 1. The van der Waals surface area contributed by atoms with Gasteiger partial charge in [0.1, 0.15) is 6.61 Å². The van der Waals surface area contributed by atoms with Gasteiger partial charge in [-0.1, -0.05) is 42.8 Å². The van der Waals surface area contributed by atoms with Crippen molar-refractivity contribution in [1.82, 2.24) is 0 Å². The van der Waals surface area contributed by atoms with Crippen molar-refractivity contribution in [2.75, 3.05) is 0 Å². The number of halogens is 1. The van der Waals surface area contributed by atoms with E-state index in [0.717, 1.165) is 16.6 Å². The fourth-order valence-corrected chi connectivity index (χ4v) is 1.63. The summed E-state index contributed by atoms with van der Waals surface area (Å²) >= 11 is 3.42. The van der Waals surface area contributed by atoms with E-state index in [4.69, 9.17) is 5.11 Å². The molecule has 1 aromatic carbocycles. The summed E-state index contributed by atoms with van der Waals surface area (Å²) in [6.07, 6.45) is 0. The van der Waals surface area contributed by atoms with E-state index in [1.165, 1.54) is 5.56 Å². The van der Waals surface area contributed by atoms with E-state index >= 15 is 0 Å². The Balaban J connectivity index is 3.16. The molecule has 1 N–H and O–H groups in total. The summed E-state index contributed by atoms with van der Waals surface area (Å²) in [5.41, 5.74) is 2.16.